The van der Waals surface area contributed by atoms with Gasteiger partial charge in [-0.1, -0.05) is 46.8 Å². The van der Waals surface area contributed by atoms with Crippen LogP contribution in [0.1, 0.15) is 97.5 Å². The van der Waals surface area contributed by atoms with Crippen molar-refractivity contribution in [3.63, 3.8) is 0 Å². The Labute approximate surface area is 339 Å². The van der Waals surface area contributed by atoms with Crippen molar-refractivity contribution in [3.05, 3.63) is 45.9 Å². The normalized spacial score (nSPS) is 14.2. The van der Waals surface area contributed by atoms with E-state index in [2.05, 4.69) is 20.3 Å². The summed E-state index contributed by atoms with van der Waals surface area (Å²) in [5, 5.41) is 13.0. The molecule has 3 aromatic rings. The Kier molecular flexibility index (Phi) is 16.4. The van der Waals surface area contributed by atoms with E-state index in [1.165, 1.54) is 11.7 Å². The number of carbonyl (C=O) groups is 3. The van der Waals surface area contributed by atoms with Gasteiger partial charge in [0.05, 0.1) is 44.0 Å². The molecule has 0 saturated heterocycles. The highest BCUT2D eigenvalue weighted by Crippen LogP contribution is 2.44. The third-order valence-corrected chi connectivity index (χ3v) is 9.88. The Morgan fingerprint density at radius 2 is 1.59 bits per heavy atom. The zero-order valence-corrected chi connectivity index (χ0v) is 36.2. The number of aromatic amines is 1. The number of aromatic nitrogens is 4. The number of nitrogen functional groups attached to an aromatic ring is 1. The third kappa shape index (κ3) is 15.2. The van der Waals surface area contributed by atoms with Crippen LogP contribution < -0.4 is 21.5 Å². The number of imidazole rings is 1. The van der Waals surface area contributed by atoms with Crippen LogP contribution in [0.25, 0.3) is 11.2 Å². The highest BCUT2D eigenvalue weighted by atomic mass is 31.2. The van der Waals surface area contributed by atoms with Crippen molar-refractivity contribution in [3.8, 4) is 6.01 Å². The minimum Gasteiger partial charge on any atom is -0.465 e. The SMILES string of the molecule is COCCOc1nc(N)c2[nH]c(=O)n(Cc3ccc(C(=O)NCCOP(=O)(O)OCC(COC(=O)C(C)(C)CC(C)(C)C)CC(=O)C(C)(C)CC(C)(C)O)cc3)c2n1. The largest absolute Gasteiger partial charge is 0.472 e. The maximum atomic E-state index is 13.4. The molecule has 0 radical (unpaired) electrons. The number of phosphoric acid groups is 1. The zero-order chi connectivity index (χ0) is 43.7. The lowest BCUT2D eigenvalue weighted by Gasteiger charge is -2.32. The summed E-state index contributed by atoms with van der Waals surface area (Å²) < 4.78 is 40.6. The van der Waals surface area contributed by atoms with Crippen molar-refractivity contribution >= 4 is 42.5 Å². The molecule has 2 heterocycles. The van der Waals surface area contributed by atoms with Gasteiger partial charge in [0, 0.05) is 37.0 Å². The van der Waals surface area contributed by atoms with Crippen LogP contribution in [0.5, 0.6) is 6.01 Å². The van der Waals surface area contributed by atoms with Gasteiger partial charge >= 0.3 is 25.5 Å². The molecule has 0 aliphatic carbocycles. The van der Waals surface area contributed by atoms with Crippen molar-refractivity contribution in [1.82, 2.24) is 24.8 Å². The van der Waals surface area contributed by atoms with E-state index in [4.69, 9.17) is 29.0 Å². The number of hydrogen-bond acceptors (Lipinski definition) is 14. The maximum Gasteiger partial charge on any atom is 0.472 e. The first-order chi connectivity index (χ1) is 26.7. The minimum absolute atomic E-state index is 0.0109. The zero-order valence-electron chi connectivity index (χ0n) is 35.3. The van der Waals surface area contributed by atoms with Gasteiger partial charge in [-0.25, -0.2) is 9.36 Å². The summed E-state index contributed by atoms with van der Waals surface area (Å²) in [5.74, 6) is -1.97. The first-order valence-electron chi connectivity index (χ1n) is 19.0. The number of Topliss-reactive ketones (excluding diaryl/α,β-unsaturated/α-hetero) is 1. The number of fused-ring (bicyclic) bond motifs is 1. The Balaban J connectivity index is 1.57. The molecule has 19 heteroatoms. The van der Waals surface area contributed by atoms with E-state index < -0.39 is 54.3 Å². The molecule has 324 valence electrons. The van der Waals surface area contributed by atoms with E-state index in [-0.39, 0.29) is 85.5 Å². The number of nitrogens with two attached hydrogens (primary N) is 1. The number of ether oxygens (including phenoxy) is 3. The topological polar surface area (TPSA) is 257 Å². The maximum absolute atomic E-state index is 13.4. The number of methoxy groups -OCH3 is 1. The molecule has 0 spiro atoms. The summed E-state index contributed by atoms with van der Waals surface area (Å²) >= 11 is 0. The summed E-state index contributed by atoms with van der Waals surface area (Å²) in [4.78, 5) is 73.5. The molecule has 0 saturated carbocycles. The number of esters is 1. The second kappa shape index (κ2) is 19.7. The van der Waals surface area contributed by atoms with E-state index in [0.717, 1.165) is 0 Å². The standard InChI is InChI=1S/C39H61N6O12P/c1-36(2,3)23-38(6,7)33(48)55-21-26(19-28(46)37(4,5)24-39(8,9)50)22-57-58(51,52)56-16-15-41-32(47)27-13-11-25(12-14-27)20-45-31-29(42-35(45)49)30(40)43-34(44-31)54-18-17-53-10/h11-14,26,50H,15-24H2,1-10H3,(H,41,47)(H,42,49)(H,51,52)(H2,40,43,44). The van der Waals surface area contributed by atoms with Crippen molar-refractivity contribution in [2.45, 2.75) is 93.7 Å². The second-order valence-corrected chi connectivity index (χ2v) is 19.0. The summed E-state index contributed by atoms with van der Waals surface area (Å²) in [6.45, 7) is 15.5. The van der Waals surface area contributed by atoms with Gasteiger partial charge in [-0.15, -0.1) is 0 Å². The molecule has 58 heavy (non-hydrogen) atoms. The van der Waals surface area contributed by atoms with Crippen molar-refractivity contribution in [1.29, 1.82) is 0 Å². The summed E-state index contributed by atoms with van der Waals surface area (Å²) in [6.07, 6.45) is 0.540. The molecule has 3 rings (SSSR count). The summed E-state index contributed by atoms with van der Waals surface area (Å²) in [7, 11) is -3.15. The molecule has 0 fully saturated rings. The minimum atomic E-state index is -4.68. The number of amides is 1. The van der Waals surface area contributed by atoms with Crippen LogP contribution in [0, 0.1) is 22.2 Å². The van der Waals surface area contributed by atoms with Gasteiger partial charge in [0.1, 0.15) is 17.9 Å². The molecule has 2 aromatic heterocycles. The molecule has 0 bridgehead atoms. The highest BCUT2D eigenvalue weighted by Gasteiger charge is 2.37. The van der Waals surface area contributed by atoms with Crippen LogP contribution in [0.2, 0.25) is 0 Å². The van der Waals surface area contributed by atoms with Crippen LogP contribution in [0.15, 0.2) is 29.1 Å². The van der Waals surface area contributed by atoms with Crippen molar-refractivity contribution < 1.29 is 52.2 Å². The molecule has 2 unspecified atom stereocenters. The number of hydrogen-bond donors (Lipinski definition) is 5. The average Bonchev–Trinajstić information content (AvgIpc) is 3.40. The summed E-state index contributed by atoms with van der Waals surface area (Å²) in [5.41, 5.74) is 3.93. The highest BCUT2D eigenvalue weighted by molar-refractivity contribution is 7.47. The number of phosphoric ester groups is 1. The Hall–Kier alpha value is -4.19. The number of benzene rings is 1. The van der Waals surface area contributed by atoms with E-state index in [1.54, 1.807) is 65.8 Å². The van der Waals surface area contributed by atoms with Gasteiger partial charge in [0.15, 0.2) is 11.5 Å². The number of carbonyl (C=O) groups excluding carboxylic acids is 3. The van der Waals surface area contributed by atoms with E-state index >= 15 is 0 Å². The predicted molar refractivity (Wildman–Crippen MR) is 216 cm³/mol. The molecular formula is C39H61N6O12P. The first-order valence-corrected chi connectivity index (χ1v) is 20.5. The second-order valence-electron chi connectivity index (χ2n) is 17.6. The number of aliphatic hydroxyl groups is 1. The molecule has 1 aromatic carbocycles. The molecule has 18 nitrogen and oxygen atoms in total. The fourth-order valence-electron chi connectivity index (χ4n) is 6.74. The number of nitrogens with zero attached hydrogens (tertiary/aromatic N) is 3. The molecule has 0 aliphatic heterocycles. The quantitative estimate of drug-likeness (QED) is 0.0504. The third-order valence-electron chi connectivity index (χ3n) is 8.90. The number of rotatable bonds is 23. The molecular weight excluding hydrogens is 775 g/mol. The number of ketones is 1. The first kappa shape index (κ1) is 48.2. The molecule has 0 aliphatic rings. The average molecular weight is 837 g/mol. The van der Waals surface area contributed by atoms with E-state index in [9.17, 15) is 33.7 Å². The number of H-pyrrole nitrogens is 1. The van der Waals surface area contributed by atoms with Crippen LogP contribution in [-0.2, 0) is 39.2 Å². The Bertz CT molecular complexity index is 1980. The Morgan fingerprint density at radius 1 is 0.931 bits per heavy atom. The smallest absolute Gasteiger partial charge is 0.465 e. The summed E-state index contributed by atoms with van der Waals surface area (Å²) in [6, 6.07) is 6.40. The van der Waals surface area contributed by atoms with Crippen LogP contribution in [-0.4, -0.2) is 99.5 Å². The predicted octanol–water partition coefficient (Wildman–Crippen LogP) is 4.41. The Morgan fingerprint density at radius 3 is 2.19 bits per heavy atom. The van der Waals surface area contributed by atoms with Crippen molar-refractivity contribution in [2.75, 3.05) is 52.4 Å². The van der Waals surface area contributed by atoms with Gasteiger partial charge < -0.3 is 40.2 Å². The van der Waals surface area contributed by atoms with Gasteiger partial charge in [-0.3, -0.25) is 28.0 Å². The molecule has 1 amide bonds. The van der Waals surface area contributed by atoms with Gasteiger partial charge in [-0.05, 0) is 63.6 Å². The lowest BCUT2D eigenvalue weighted by atomic mass is 9.76. The van der Waals surface area contributed by atoms with Crippen molar-refractivity contribution in [2.24, 2.45) is 22.2 Å². The van der Waals surface area contributed by atoms with Crippen LogP contribution in [0.4, 0.5) is 5.82 Å². The molecule has 2 atom stereocenters. The monoisotopic (exact) mass is 836 g/mol. The van der Waals surface area contributed by atoms with Crippen LogP contribution >= 0.6 is 7.82 Å². The van der Waals surface area contributed by atoms with Crippen LogP contribution in [0.3, 0.4) is 0 Å². The fraction of sp³-hybridized carbons (Fsp3) is 0.641. The fourth-order valence-corrected chi connectivity index (χ4v) is 7.53. The molecule has 6 N–H and O–H groups in total. The number of nitrogens with one attached hydrogen (secondary N) is 2. The van der Waals surface area contributed by atoms with E-state index in [1.807, 2.05) is 20.8 Å². The lowest BCUT2D eigenvalue weighted by molar-refractivity contribution is -0.158. The van der Waals surface area contributed by atoms with Gasteiger partial charge in [-0.2, -0.15) is 9.97 Å². The lowest BCUT2D eigenvalue weighted by Crippen LogP contribution is -2.37. The van der Waals surface area contributed by atoms with Gasteiger partial charge in [0.25, 0.3) is 5.91 Å². The van der Waals surface area contributed by atoms with E-state index in [0.29, 0.717) is 18.6 Å². The van der Waals surface area contributed by atoms with Gasteiger partial charge in [0.2, 0.25) is 0 Å². The number of anilines is 1.